The summed E-state index contributed by atoms with van der Waals surface area (Å²) >= 11 is 3.32. The van der Waals surface area contributed by atoms with Gasteiger partial charge >= 0.3 is 0 Å². The first-order valence-corrected chi connectivity index (χ1v) is 4.37. The van der Waals surface area contributed by atoms with Crippen molar-refractivity contribution >= 4 is 21.7 Å². The van der Waals surface area contributed by atoms with E-state index >= 15 is 0 Å². The number of hydrogen-bond donors (Lipinski definition) is 0. The molecule has 1 aromatic heterocycles. The van der Waals surface area contributed by atoms with E-state index in [0.29, 0.717) is 0 Å². The number of hydrogen-bond acceptors (Lipinski definition) is 2. The fraction of sp³-hybridized carbons (Fsp3) is 0.375. The lowest BCUT2D eigenvalue weighted by Crippen LogP contribution is -2.16. The summed E-state index contributed by atoms with van der Waals surface area (Å²) in [4.78, 5) is 6.37. The van der Waals surface area contributed by atoms with Gasteiger partial charge in [-0.1, -0.05) is 6.07 Å². The summed E-state index contributed by atoms with van der Waals surface area (Å²) in [5, 5.41) is 0. The Kier molecular flexibility index (Phi) is 2.88. The van der Waals surface area contributed by atoms with Gasteiger partial charge < -0.3 is 4.90 Å². The minimum atomic E-state index is 0.885. The molecular weight excluding hydrogens is 204 g/mol. The Morgan fingerprint density at radius 1 is 1.55 bits per heavy atom. The van der Waals surface area contributed by atoms with E-state index in [2.05, 4.69) is 32.7 Å². The predicted octanol–water partition coefficient (Wildman–Crippen LogP) is 2.30. The molecule has 0 saturated carbocycles. The second-order valence-corrected chi connectivity index (χ2v) is 3.15. The van der Waals surface area contributed by atoms with Crippen LogP contribution in [-0.2, 0) is 0 Å². The summed E-state index contributed by atoms with van der Waals surface area (Å²) < 4.78 is 0.885. The molecule has 11 heavy (non-hydrogen) atoms. The van der Waals surface area contributed by atoms with E-state index in [-0.39, 0.29) is 0 Å². The summed E-state index contributed by atoms with van der Waals surface area (Å²) in [6, 6.07) is 5.90. The summed E-state index contributed by atoms with van der Waals surface area (Å²) in [5.74, 6) is 1.00. The van der Waals surface area contributed by atoms with Gasteiger partial charge in [-0.3, -0.25) is 0 Å². The maximum Gasteiger partial charge on any atom is 0.129 e. The first kappa shape index (κ1) is 8.53. The van der Waals surface area contributed by atoms with Crippen molar-refractivity contribution in [2.45, 2.75) is 6.92 Å². The first-order chi connectivity index (χ1) is 5.24. The van der Waals surface area contributed by atoms with Gasteiger partial charge in [-0.05, 0) is 35.0 Å². The fourth-order valence-electron chi connectivity index (χ4n) is 0.772. The Bertz CT molecular complexity index is 237. The Morgan fingerprint density at radius 3 is 2.82 bits per heavy atom. The molecule has 3 heteroatoms. The molecule has 0 bridgehead atoms. The number of anilines is 1. The van der Waals surface area contributed by atoms with E-state index in [1.54, 1.807) is 0 Å². The third kappa shape index (κ3) is 2.19. The van der Waals surface area contributed by atoms with Crippen LogP contribution in [0.1, 0.15) is 6.92 Å². The van der Waals surface area contributed by atoms with E-state index < -0.39 is 0 Å². The monoisotopic (exact) mass is 214 g/mol. The molecule has 1 rings (SSSR count). The minimum absolute atomic E-state index is 0.885. The molecule has 0 saturated heterocycles. The smallest absolute Gasteiger partial charge is 0.129 e. The number of aromatic nitrogens is 1. The van der Waals surface area contributed by atoms with Gasteiger partial charge in [0.2, 0.25) is 0 Å². The molecule has 60 valence electrons. The van der Waals surface area contributed by atoms with Crippen LogP contribution < -0.4 is 4.90 Å². The summed E-state index contributed by atoms with van der Waals surface area (Å²) in [6.07, 6.45) is 0. The van der Waals surface area contributed by atoms with Crippen molar-refractivity contribution in [1.82, 2.24) is 4.98 Å². The highest BCUT2D eigenvalue weighted by atomic mass is 79.9. The molecule has 0 fully saturated rings. The minimum Gasteiger partial charge on any atom is -0.360 e. The topological polar surface area (TPSA) is 16.1 Å². The van der Waals surface area contributed by atoms with Crippen LogP contribution in [0.3, 0.4) is 0 Å². The SMILES string of the molecule is CCN(C)c1cccc(Br)n1. The normalized spacial score (nSPS) is 9.73. The number of rotatable bonds is 2. The molecule has 0 aromatic carbocycles. The maximum atomic E-state index is 4.29. The third-order valence-corrected chi connectivity index (χ3v) is 2.01. The third-order valence-electron chi connectivity index (χ3n) is 1.57. The van der Waals surface area contributed by atoms with Gasteiger partial charge in [-0.25, -0.2) is 4.98 Å². The Hall–Kier alpha value is -0.570. The zero-order chi connectivity index (χ0) is 8.27. The van der Waals surface area contributed by atoms with Gasteiger partial charge in [-0.2, -0.15) is 0 Å². The molecule has 0 aliphatic rings. The Balaban J connectivity index is 2.86. The maximum absolute atomic E-state index is 4.29. The van der Waals surface area contributed by atoms with Gasteiger partial charge in [0.15, 0.2) is 0 Å². The van der Waals surface area contributed by atoms with Crippen molar-refractivity contribution in [2.24, 2.45) is 0 Å². The fourth-order valence-corrected chi connectivity index (χ4v) is 1.11. The van der Waals surface area contributed by atoms with Gasteiger partial charge in [0.05, 0.1) is 0 Å². The molecule has 1 aromatic rings. The average molecular weight is 215 g/mol. The van der Waals surface area contributed by atoms with Crippen LogP contribution in [-0.4, -0.2) is 18.6 Å². The van der Waals surface area contributed by atoms with Crippen LogP contribution in [0.15, 0.2) is 22.8 Å². The molecule has 0 radical (unpaired) electrons. The van der Waals surface area contributed by atoms with Gasteiger partial charge in [-0.15, -0.1) is 0 Å². The Labute approximate surface area is 75.4 Å². The van der Waals surface area contributed by atoms with E-state index in [1.807, 2.05) is 25.2 Å². The van der Waals surface area contributed by atoms with E-state index in [4.69, 9.17) is 0 Å². The Morgan fingerprint density at radius 2 is 2.27 bits per heavy atom. The lowest BCUT2D eigenvalue weighted by Gasteiger charge is -2.14. The standard InChI is InChI=1S/C8H11BrN2/c1-3-11(2)8-6-4-5-7(9)10-8/h4-6H,3H2,1-2H3. The summed E-state index contributed by atoms with van der Waals surface area (Å²) in [6.45, 7) is 3.08. The summed E-state index contributed by atoms with van der Waals surface area (Å²) in [7, 11) is 2.02. The number of halogens is 1. The molecule has 0 aliphatic carbocycles. The molecule has 2 nitrogen and oxygen atoms in total. The van der Waals surface area contributed by atoms with Crippen LogP contribution in [0, 0.1) is 0 Å². The molecule has 0 amide bonds. The molecule has 0 unspecified atom stereocenters. The highest BCUT2D eigenvalue weighted by Gasteiger charge is 1.97. The van der Waals surface area contributed by atoms with Crippen LogP contribution in [0.5, 0.6) is 0 Å². The second kappa shape index (κ2) is 3.72. The van der Waals surface area contributed by atoms with Crippen molar-refractivity contribution in [1.29, 1.82) is 0 Å². The van der Waals surface area contributed by atoms with Crippen LogP contribution in [0.2, 0.25) is 0 Å². The lowest BCUT2D eigenvalue weighted by atomic mass is 10.4. The highest BCUT2D eigenvalue weighted by Crippen LogP contribution is 2.12. The predicted molar refractivity (Wildman–Crippen MR) is 50.9 cm³/mol. The average Bonchev–Trinajstić information content (AvgIpc) is 2.03. The van der Waals surface area contributed by atoms with Gasteiger partial charge in [0, 0.05) is 13.6 Å². The molecular formula is C8H11BrN2. The van der Waals surface area contributed by atoms with Crippen molar-refractivity contribution in [3.63, 3.8) is 0 Å². The second-order valence-electron chi connectivity index (χ2n) is 2.33. The zero-order valence-corrected chi connectivity index (χ0v) is 8.30. The lowest BCUT2D eigenvalue weighted by molar-refractivity contribution is 0.934. The van der Waals surface area contributed by atoms with Gasteiger partial charge in [0.1, 0.15) is 10.4 Å². The molecule has 0 atom stereocenters. The molecule has 1 heterocycles. The molecule has 0 N–H and O–H groups in total. The van der Waals surface area contributed by atoms with Crippen molar-refractivity contribution in [3.8, 4) is 0 Å². The molecule has 0 aliphatic heterocycles. The van der Waals surface area contributed by atoms with E-state index in [9.17, 15) is 0 Å². The first-order valence-electron chi connectivity index (χ1n) is 3.57. The van der Waals surface area contributed by atoms with Crippen molar-refractivity contribution < 1.29 is 0 Å². The van der Waals surface area contributed by atoms with Crippen molar-refractivity contribution in [3.05, 3.63) is 22.8 Å². The molecule has 0 spiro atoms. The largest absolute Gasteiger partial charge is 0.360 e. The van der Waals surface area contributed by atoms with Gasteiger partial charge in [0.25, 0.3) is 0 Å². The number of pyridine rings is 1. The van der Waals surface area contributed by atoms with E-state index in [1.165, 1.54) is 0 Å². The van der Waals surface area contributed by atoms with Crippen LogP contribution >= 0.6 is 15.9 Å². The summed E-state index contributed by atoms with van der Waals surface area (Å²) in [5.41, 5.74) is 0. The van der Waals surface area contributed by atoms with Crippen molar-refractivity contribution in [2.75, 3.05) is 18.5 Å². The van der Waals surface area contributed by atoms with E-state index in [0.717, 1.165) is 17.0 Å². The zero-order valence-electron chi connectivity index (χ0n) is 6.71. The van der Waals surface area contributed by atoms with Crippen LogP contribution in [0.4, 0.5) is 5.82 Å². The highest BCUT2D eigenvalue weighted by molar-refractivity contribution is 9.10. The number of nitrogens with zero attached hydrogens (tertiary/aromatic N) is 2. The van der Waals surface area contributed by atoms with Crippen LogP contribution in [0.25, 0.3) is 0 Å². The quantitative estimate of drug-likeness (QED) is 0.703.